The normalized spacial score (nSPS) is 11.8. The van der Waals surface area contributed by atoms with Crippen LogP contribution in [-0.4, -0.2) is 31.2 Å². The fraction of sp³-hybridized carbons (Fsp3) is 0.192. The molecule has 1 unspecified atom stereocenters. The minimum Gasteiger partial charge on any atom is -0.493 e. The zero-order chi connectivity index (χ0) is 21.5. The molecule has 2 N–H and O–H groups in total. The lowest BCUT2D eigenvalue weighted by Gasteiger charge is -2.18. The Hall–Kier alpha value is -3.73. The first-order valence-corrected chi connectivity index (χ1v) is 10.4. The third-order valence-electron chi connectivity index (χ3n) is 5.36. The van der Waals surface area contributed by atoms with E-state index in [0.717, 1.165) is 11.1 Å². The van der Waals surface area contributed by atoms with Gasteiger partial charge in [-0.15, -0.1) is 0 Å². The van der Waals surface area contributed by atoms with Gasteiger partial charge in [0, 0.05) is 29.6 Å². The SMILES string of the molecule is COc1ccccc1OCCC(=O)NCC(c1ccccc1)c1c[nH]c2ccccc12. The van der Waals surface area contributed by atoms with Crippen molar-refractivity contribution in [3.63, 3.8) is 0 Å². The molecule has 0 saturated heterocycles. The van der Waals surface area contributed by atoms with Crippen LogP contribution >= 0.6 is 0 Å². The summed E-state index contributed by atoms with van der Waals surface area (Å²) < 4.78 is 11.0. The number of aromatic nitrogens is 1. The van der Waals surface area contributed by atoms with E-state index in [4.69, 9.17) is 9.47 Å². The number of carbonyl (C=O) groups is 1. The third kappa shape index (κ3) is 4.89. The number of methoxy groups -OCH3 is 1. The van der Waals surface area contributed by atoms with Crippen LogP contribution in [0.15, 0.2) is 85.1 Å². The number of rotatable bonds is 9. The van der Waals surface area contributed by atoms with Gasteiger partial charge < -0.3 is 19.8 Å². The highest BCUT2D eigenvalue weighted by Gasteiger charge is 2.19. The molecule has 0 spiro atoms. The van der Waals surface area contributed by atoms with Crippen molar-refractivity contribution in [1.29, 1.82) is 0 Å². The molecule has 0 aliphatic carbocycles. The number of carbonyl (C=O) groups excluding carboxylic acids is 1. The van der Waals surface area contributed by atoms with E-state index in [0.29, 0.717) is 18.0 Å². The van der Waals surface area contributed by atoms with E-state index < -0.39 is 0 Å². The summed E-state index contributed by atoms with van der Waals surface area (Å²) in [4.78, 5) is 15.9. The summed E-state index contributed by atoms with van der Waals surface area (Å²) in [5.41, 5.74) is 3.43. The lowest BCUT2D eigenvalue weighted by atomic mass is 9.91. The molecule has 0 radical (unpaired) electrons. The smallest absolute Gasteiger partial charge is 0.223 e. The first-order chi connectivity index (χ1) is 15.3. The maximum Gasteiger partial charge on any atom is 0.223 e. The molecule has 0 saturated carbocycles. The van der Waals surface area contributed by atoms with Gasteiger partial charge in [0.25, 0.3) is 0 Å². The molecule has 5 heteroatoms. The van der Waals surface area contributed by atoms with Crippen molar-refractivity contribution in [3.05, 3.63) is 96.2 Å². The van der Waals surface area contributed by atoms with Gasteiger partial charge in [-0.2, -0.15) is 0 Å². The molecule has 3 aromatic carbocycles. The van der Waals surface area contributed by atoms with Crippen molar-refractivity contribution in [2.75, 3.05) is 20.3 Å². The highest BCUT2D eigenvalue weighted by molar-refractivity contribution is 5.84. The van der Waals surface area contributed by atoms with E-state index in [-0.39, 0.29) is 24.9 Å². The second-order valence-electron chi connectivity index (χ2n) is 7.31. The van der Waals surface area contributed by atoms with Crippen LogP contribution in [0, 0.1) is 0 Å². The van der Waals surface area contributed by atoms with Crippen LogP contribution in [0.25, 0.3) is 10.9 Å². The van der Waals surface area contributed by atoms with Gasteiger partial charge in [0.05, 0.1) is 20.1 Å². The summed E-state index contributed by atoms with van der Waals surface area (Å²) in [5, 5.41) is 4.26. The Morgan fingerprint density at radius 2 is 1.65 bits per heavy atom. The van der Waals surface area contributed by atoms with Gasteiger partial charge in [-0.3, -0.25) is 4.79 Å². The van der Waals surface area contributed by atoms with Crippen LogP contribution in [-0.2, 0) is 4.79 Å². The maximum atomic E-state index is 12.5. The first kappa shape index (κ1) is 20.5. The second-order valence-corrected chi connectivity index (χ2v) is 7.31. The Balaban J connectivity index is 1.41. The number of H-pyrrole nitrogens is 1. The minimum absolute atomic E-state index is 0.0457. The van der Waals surface area contributed by atoms with E-state index in [2.05, 4.69) is 34.6 Å². The first-order valence-electron chi connectivity index (χ1n) is 10.4. The summed E-state index contributed by atoms with van der Waals surface area (Å²) >= 11 is 0. The van der Waals surface area contributed by atoms with Crippen LogP contribution in [0.1, 0.15) is 23.5 Å². The Morgan fingerprint density at radius 1 is 0.935 bits per heavy atom. The fourth-order valence-corrected chi connectivity index (χ4v) is 3.77. The number of hydrogen-bond donors (Lipinski definition) is 2. The number of benzene rings is 3. The van der Waals surface area contributed by atoms with E-state index in [9.17, 15) is 4.79 Å². The molecule has 1 heterocycles. The molecule has 4 aromatic rings. The minimum atomic E-state index is -0.0457. The van der Waals surface area contributed by atoms with Gasteiger partial charge in [0.1, 0.15) is 0 Å². The molecule has 0 bridgehead atoms. The van der Waals surface area contributed by atoms with Gasteiger partial charge in [-0.1, -0.05) is 60.7 Å². The van der Waals surface area contributed by atoms with Crippen molar-refractivity contribution in [2.45, 2.75) is 12.3 Å². The van der Waals surface area contributed by atoms with Crippen LogP contribution < -0.4 is 14.8 Å². The van der Waals surface area contributed by atoms with Gasteiger partial charge >= 0.3 is 0 Å². The molecular weight excluding hydrogens is 388 g/mol. The Bertz CT molecular complexity index is 1140. The van der Waals surface area contributed by atoms with Crippen molar-refractivity contribution < 1.29 is 14.3 Å². The highest BCUT2D eigenvalue weighted by Crippen LogP contribution is 2.30. The Labute approximate surface area is 182 Å². The van der Waals surface area contributed by atoms with Crippen LogP contribution in [0.4, 0.5) is 0 Å². The number of para-hydroxylation sites is 3. The van der Waals surface area contributed by atoms with E-state index in [1.165, 1.54) is 10.9 Å². The van der Waals surface area contributed by atoms with Gasteiger partial charge in [-0.05, 0) is 29.3 Å². The number of fused-ring (bicyclic) bond motifs is 1. The predicted molar refractivity (Wildman–Crippen MR) is 123 cm³/mol. The average molecular weight is 415 g/mol. The zero-order valence-electron chi connectivity index (χ0n) is 17.5. The number of hydrogen-bond acceptors (Lipinski definition) is 3. The largest absolute Gasteiger partial charge is 0.493 e. The summed E-state index contributed by atoms with van der Waals surface area (Å²) in [6.45, 7) is 0.800. The van der Waals surface area contributed by atoms with Crippen molar-refractivity contribution in [1.82, 2.24) is 10.3 Å². The van der Waals surface area contributed by atoms with E-state index in [1.54, 1.807) is 7.11 Å². The quantitative estimate of drug-likeness (QED) is 0.410. The van der Waals surface area contributed by atoms with E-state index >= 15 is 0 Å². The molecular formula is C26H26N2O3. The number of amides is 1. The number of aromatic amines is 1. The molecule has 31 heavy (non-hydrogen) atoms. The Kier molecular flexibility index (Phi) is 6.53. The van der Waals surface area contributed by atoms with Crippen LogP contribution in [0.3, 0.4) is 0 Å². The monoisotopic (exact) mass is 414 g/mol. The molecule has 0 aliphatic heterocycles. The number of ether oxygens (including phenoxy) is 2. The lowest BCUT2D eigenvalue weighted by Crippen LogP contribution is -2.29. The lowest BCUT2D eigenvalue weighted by molar-refractivity contribution is -0.121. The molecule has 0 fully saturated rings. The van der Waals surface area contributed by atoms with Gasteiger partial charge in [-0.25, -0.2) is 0 Å². The summed E-state index contributed by atoms with van der Waals surface area (Å²) in [6.07, 6.45) is 2.31. The summed E-state index contributed by atoms with van der Waals surface area (Å²) in [5.74, 6) is 1.30. The molecule has 0 aliphatic rings. The van der Waals surface area contributed by atoms with E-state index in [1.807, 2.05) is 60.8 Å². The topological polar surface area (TPSA) is 63.4 Å². The molecule has 1 amide bonds. The predicted octanol–water partition coefficient (Wildman–Crippen LogP) is 4.89. The standard InChI is InChI=1S/C26H26N2O3/c1-30-24-13-7-8-14-25(24)31-16-15-26(29)28-17-21(19-9-3-2-4-10-19)22-18-27-23-12-6-5-11-20(22)23/h2-14,18,21,27H,15-17H2,1H3,(H,28,29). The molecule has 5 nitrogen and oxygen atoms in total. The van der Waals surface area contributed by atoms with Crippen LogP contribution in [0.5, 0.6) is 11.5 Å². The molecule has 4 rings (SSSR count). The molecule has 1 atom stereocenters. The van der Waals surface area contributed by atoms with Crippen LogP contribution in [0.2, 0.25) is 0 Å². The van der Waals surface area contributed by atoms with Gasteiger partial charge in [0.2, 0.25) is 5.91 Å². The third-order valence-corrected chi connectivity index (χ3v) is 5.36. The van der Waals surface area contributed by atoms with Crippen molar-refractivity contribution >= 4 is 16.8 Å². The molecule has 158 valence electrons. The Morgan fingerprint density at radius 3 is 2.45 bits per heavy atom. The average Bonchev–Trinajstić information content (AvgIpc) is 3.24. The van der Waals surface area contributed by atoms with Crippen molar-refractivity contribution in [2.24, 2.45) is 0 Å². The summed E-state index contributed by atoms with van der Waals surface area (Å²) in [7, 11) is 1.60. The number of nitrogens with one attached hydrogen (secondary N) is 2. The second kappa shape index (κ2) is 9.85. The fourth-order valence-electron chi connectivity index (χ4n) is 3.77. The zero-order valence-corrected chi connectivity index (χ0v) is 17.5. The maximum absolute atomic E-state index is 12.5. The van der Waals surface area contributed by atoms with Gasteiger partial charge in [0.15, 0.2) is 11.5 Å². The summed E-state index contributed by atoms with van der Waals surface area (Å²) in [6, 6.07) is 25.9. The van der Waals surface area contributed by atoms with Crippen molar-refractivity contribution in [3.8, 4) is 11.5 Å². The highest BCUT2D eigenvalue weighted by atomic mass is 16.5. The molecule has 1 aromatic heterocycles.